The van der Waals surface area contributed by atoms with E-state index in [4.69, 9.17) is 11.0 Å². The Balaban J connectivity index is 2.77. The molecule has 2 N–H and O–H groups in total. The Morgan fingerprint density at radius 3 is 2.50 bits per heavy atom. The van der Waals surface area contributed by atoms with Crippen molar-refractivity contribution in [1.82, 2.24) is 4.90 Å². The molecule has 1 aliphatic rings. The number of hydrogen-bond acceptors (Lipinski definition) is 3. The van der Waals surface area contributed by atoms with Crippen molar-refractivity contribution in [1.29, 1.82) is 5.26 Å². The summed E-state index contributed by atoms with van der Waals surface area (Å²) < 4.78 is 0. The van der Waals surface area contributed by atoms with Crippen LogP contribution in [0.4, 0.5) is 0 Å². The highest BCUT2D eigenvalue weighted by molar-refractivity contribution is 5.83. The summed E-state index contributed by atoms with van der Waals surface area (Å²) in [4.78, 5) is 14.5. The molecular formula is C14H25N3O. The van der Waals surface area contributed by atoms with Gasteiger partial charge in [-0.25, -0.2) is 0 Å². The van der Waals surface area contributed by atoms with Gasteiger partial charge in [-0.3, -0.25) is 4.79 Å². The molecule has 0 saturated heterocycles. The maximum absolute atomic E-state index is 12.7. The zero-order valence-corrected chi connectivity index (χ0v) is 11.6. The van der Waals surface area contributed by atoms with Crippen LogP contribution in [0.25, 0.3) is 0 Å². The van der Waals surface area contributed by atoms with Crippen molar-refractivity contribution >= 4 is 5.91 Å². The van der Waals surface area contributed by atoms with Gasteiger partial charge in [0.1, 0.15) is 0 Å². The van der Waals surface area contributed by atoms with Gasteiger partial charge in [0.05, 0.1) is 17.4 Å². The molecule has 4 nitrogen and oxygen atoms in total. The smallest absolute Gasteiger partial charge is 0.230 e. The van der Waals surface area contributed by atoms with E-state index in [-0.39, 0.29) is 17.2 Å². The minimum Gasteiger partial charge on any atom is -0.341 e. The molecule has 1 saturated carbocycles. The molecule has 1 aliphatic carbocycles. The molecule has 1 amide bonds. The number of nitriles is 1. The molecular weight excluding hydrogens is 226 g/mol. The van der Waals surface area contributed by atoms with Crippen molar-refractivity contribution in [3.8, 4) is 6.07 Å². The van der Waals surface area contributed by atoms with Gasteiger partial charge >= 0.3 is 0 Å². The topological polar surface area (TPSA) is 70.1 Å². The van der Waals surface area contributed by atoms with Crippen LogP contribution in [0.2, 0.25) is 0 Å². The summed E-state index contributed by atoms with van der Waals surface area (Å²) >= 11 is 0. The maximum Gasteiger partial charge on any atom is 0.230 e. The lowest BCUT2D eigenvalue weighted by molar-refractivity contribution is -0.143. The molecule has 1 rings (SSSR count). The summed E-state index contributed by atoms with van der Waals surface area (Å²) in [6, 6.07) is 2.19. The first kappa shape index (κ1) is 15.0. The van der Waals surface area contributed by atoms with Crippen LogP contribution in [0, 0.1) is 22.7 Å². The van der Waals surface area contributed by atoms with Gasteiger partial charge in [0, 0.05) is 19.6 Å². The van der Waals surface area contributed by atoms with Crippen molar-refractivity contribution in [3.63, 3.8) is 0 Å². The Kier molecular flexibility index (Phi) is 5.61. The van der Waals surface area contributed by atoms with E-state index in [0.717, 1.165) is 25.7 Å². The Labute approximate surface area is 110 Å². The van der Waals surface area contributed by atoms with E-state index in [1.807, 2.05) is 18.7 Å². The summed E-state index contributed by atoms with van der Waals surface area (Å²) in [5, 5.41) is 8.88. The van der Waals surface area contributed by atoms with Crippen LogP contribution < -0.4 is 5.73 Å². The van der Waals surface area contributed by atoms with Crippen molar-refractivity contribution in [2.75, 3.05) is 19.6 Å². The van der Waals surface area contributed by atoms with Gasteiger partial charge in [-0.05, 0) is 26.7 Å². The molecule has 0 heterocycles. The third-order valence-corrected chi connectivity index (χ3v) is 4.04. The molecule has 4 heteroatoms. The monoisotopic (exact) mass is 251 g/mol. The quantitative estimate of drug-likeness (QED) is 0.811. The minimum atomic E-state index is -0.358. The maximum atomic E-state index is 12.7. The lowest BCUT2D eigenvalue weighted by Gasteiger charge is -2.39. The predicted molar refractivity (Wildman–Crippen MR) is 71.6 cm³/mol. The van der Waals surface area contributed by atoms with Gasteiger partial charge in [0.2, 0.25) is 5.91 Å². The fourth-order valence-corrected chi connectivity index (χ4v) is 2.80. The molecule has 0 aromatic rings. The summed E-state index contributed by atoms with van der Waals surface area (Å²) in [5.41, 5.74) is 5.52. The van der Waals surface area contributed by atoms with Crippen LogP contribution in [0.3, 0.4) is 0 Å². The largest absolute Gasteiger partial charge is 0.341 e. The van der Waals surface area contributed by atoms with Gasteiger partial charge in [-0.2, -0.15) is 5.26 Å². The van der Waals surface area contributed by atoms with Crippen molar-refractivity contribution < 1.29 is 4.79 Å². The van der Waals surface area contributed by atoms with Gasteiger partial charge < -0.3 is 10.6 Å². The Morgan fingerprint density at radius 2 is 2.06 bits per heavy atom. The van der Waals surface area contributed by atoms with Crippen LogP contribution in [0.15, 0.2) is 0 Å². The molecule has 0 radical (unpaired) electrons. The standard InChI is InChI=1S/C14H25N3O/c1-3-17(10-12(2)9-15)13(18)14(11-16)7-5-4-6-8-14/h12H,3-8,10-11,16H2,1-2H3. The molecule has 1 unspecified atom stereocenters. The molecule has 1 fully saturated rings. The summed E-state index contributed by atoms with van der Waals surface area (Å²) in [6.45, 7) is 5.43. The highest BCUT2D eigenvalue weighted by Gasteiger charge is 2.40. The fraction of sp³-hybridized carbons (Fsp3) is 0.857. The highest BCUT2D eigenvalue weighted by Crippen LogP contribution is 2.37. The van der Waals surface area contributed by atoms with Crippen LogP contribution in [0.5, 0.6) is 0 Å². The molecule has 0 bridgehead atoms. The number of hydrogen-bond donors (Lipinski definition) is 1. The summed E-state index contributed by atoms with van der Waals surface area (Å²) in [6.07, 6.45) is 5.19. The van der Waals surface area contributed by atoms with Crippen LogP contribution in [-0.4, -0.2) is 30.4 Å². The van der Waals surface area contributed by atoms with Crippen LogP contribution in [0.1, 0.15) is 46.0 Å². The summed E-state index contributed by atoms with van der Waals surface area (Å²) in [5.74, 6) is 0.0432. The molecule has 0 aromatic heterocycles. The molecule has 1 atom stereocenters. The number of nitrogens with two attached hydrogens (primary N) is 1. The number of nitrogens with zero attached hydrogens (tertiary/aromatic N) is 2. The van der Waals surface area contributed by atoms with Gasteiger partial charge in [0.25, 0.3) is 0 Å². The first-order chi connectivity index (χ1) is 8.59. The van der Waals surface area contributed by atoms with E-state index in [1.165, 1.54) is 6.42 Å². The van der Waals surface area contributed by atoms with E-state index < -0.39 is 0 Å². The summed E-state index contributed by atoms with van der Waals surface area (Å²) in [7, 11) is 0. The van der Waals surface area contributed by atoms with Crippen LogP contribution in [-0.2, 0) is 4.79 Å². The highest BCUT2D eigenvalue weighted by atomic mass is 16.2. The van der Waals surface area contributed by atoms with E-state index in [2.05, 4.69) is 6.07 Å². The average Bonchev–Trinajstić information content (AvgIpc) is 2.44. The van der Waals surface area contributed by atoms with E-state index in [1.54, 1.807) is 0 Å². The van der Waals surface area contributed by atoms with Gasteiger partial charge in [0.15, 0.2) is 0 Å². The first-order valence-corrected chi connectivity index (χ1v) is 6.98. The normalized spacial score (nSPS) is 19.9. The van der Waals surface area contributed by atoms with Crippen LogP contribution >= 0.6 is 0 Å². The third-order valence-electron chi connectivity index (χ3n) is 4.04. The SMILES string of the molecule is CCN(CC(C)C#N)C(=O)C1(CN)CCCCC1. The number of rotatable bonds is 5. The number of carbonyl (C=O) groups excluding carboxylic acids is 1. The number of amides is 1. The zero-order chi connectivity index (χ0) is 13.6. The first-order valence-electron chi connectivity index (χ1n) is 6.98. The average molecular weight is 251 g/mol. The lowest BCUT2D eigenvalue weighted by atomic mass is 9.73. The zero-order valence-electron chi connectivity index (χ0n) is 11.6. The third kappa shape index (κ3) is 3.23. The molecule has 0 spiro atoms. The van der Waals surface area contributed by atoms with Gasteiger partial charge in [-0.1, -0.05) is 19.3 Å². The van der Waals surface area contributed by atoms with E-state index in [0.29, 0.717) is 19.6 Å². The molecule has 0 aliphatic heterocycles. The Hall–Kier alpha value is -1.08. The van der Waals surface area contributed by atoms with Crippen molar-refractivity contribution in [2.45, 2.75) is 46.0 Å². The van der Waals surface area contributed by atoms with E-state index >= 15 is 0 Å². The molecule has 18 heavy (non-hydrogen) atoms. The molecule has 0 aromatic carbocycles. The lowest BCUT2D eigenvalue weighted by Crippen LogP contribution is -2.50. The number of carbonyl (C=O) groups is 1. The van der Waals surface area contributed by atoms with Crippen molar-refractivity contribution in [3.05, 3.63) is 0 Å². The van der Waals surface area contributed by atoms with E-state index in [9.17, 15) is 4.79 Å². The molecule has 102 valence electrons. The minimum absolute atomic E-state index is 0.118. The van der Waals surface area contributed by atoms with Crippen molar-refractivity contribution in [2.24, 2.45) is 17.1 Å². The second-order valence-electron chi connectivity index (χ2n) is 5.42. The second-order valence-corrected chi connectivity index (χ2v) is 5.42. The fourth-order valence-electron chi connectivity index (χ4n) is 2.80. The Morgan fingerprint density at radius 1 is 1.44 bits per heavy atom. The predicted octanol–water partition coefficient (Wildman–Crippen LogP) is 1.90. The van der Waals surface area contributed by atoms with Gasteiger partial charge in [-0.15, -0.1) is 0 Å². The second kappa shape index (κ2) is 6.75. The Bertz CT molecular complexity index is 315.